The molecule has 2 aliphatic rings. The fourth-order valence-electron chi connectivity index (χ4n) is 3.21. The highest BCUT2D eigenvalue weighted by molar-refractivity contribution is 6.30. The third kappa shape index (κ3) is 3.57. The summed E-state index contributed by atoms with van der Waals surface area (Å²) < 4.78 is 0. The first-order chi connectivity index (χ1) is 12.5. The van der Waals surface area contributed by atoms with E-state index < -0.39 is 5.97 Å². The Morgan fingerprint density at radius 1 is 0.815 bits per heavy atom. The molecule has 4 nitrogen and oxygen atoms in total. The Kier molecular flexibility index (Phi) is 4.54. The van der Waals surface area contributed by atoms with Crippen LogP contribution in [-0.2, 0) is 14.4 Å². The van der Waals surface area contributed by atoms with Gasteiger partial charge in [0.25, 0.3) is 0 Å². The largest absolute Gasteiger partial charge is 0.368 e. The van der Waals surface area contributed by atoms with Gasteiger partial charge in [-0.1, -0.05) is 77.0 Å². The van der Waals surface area contributed by atoms with Crippen molar-refractivity contribution in [2.24, 2.45) is 16.0 Å². The maximum atomic E-state index is 13.1. The SMILES string of the molecule is CC(C)(C)C1=CC(=C2C(=O)ON=C2c2ccccc2)C=C(C(C)(C)C)C1=O. The Morgan fingerprint density at radius 3 is 1.81 bits per heavy atom. The number of Topliss-reactive ketones (excluding diaryl/α,β-unsaturated/α-hetero) is 1. The van der Waals surface area contributed by atoms with Crippen molar-refractivity contribution in [3.8, 4) is 0 Å². The van der Waals surface area contributed by atoms with Crippen LogP contribution >= 0.6 is 0 Å². The normalized spacial score (nSPS) is 18.2. The lowest BCUT2D eigenvalue weighted by atomic mass is 9.71. The van der Waals surface area contributed by atoms with Crippen LogP contribution in [0.4, 0.5) is 0 Å². The zero-order valence-electron chi connectivity index (χ0n) is 16.7. The number of carbonyl (C=O) groups excluding carboxylic acids is 2. The number of oxime groups is 1. The zero-order valence-corrected chi connectivity index (χ0v) is 16.7. The third-order valence-corrected chi connectivity index (χ3v) is 4.70. The van der Waals surface area contributed by atoms with E-state index in [0.29, 0.717) is 28.0 Å². The molecule has 0 fully saturated rings. The minimum absolute atomic E-state index is 0.0314. The number of benzene rings is 1. The van der Waals surface area contributed by atoms with Gasteiger partial charge in [-0.2, -0.15) is 0 Å². The van der Waals surface area contributed by atoms with Crippen LogP contribution in [0.2, 0.25) is 0 Å². The second kappa shape index (κ2) is 6.45. The minimum Gasteiger partial charge on any atom is -0.312 e. The van der Waals surface area contributed by atoms with Crippen molar-refractivity contribution in [3.63, 3.8) is 0 Å². The fraction of sp³-hybridized carbons (Fsp3) is 0.348. The number of hydrogen-bond acceptors (Lipinski definition) is 4. The van der Waals surface area contributed by atoms with Gasteiger partial charge in [0.2, 0.25) is 0 Å². The summed E-state index contributed by atoms with van der Waals surface area (Å²) in [6.45, 7) is 12.0. The summed E-state index contributed by atoms with van der Waals surface area (Å²) in [6, 6.07) is 9.46. The standard InChI is InChI=1S/C23H25NO3/c1-22(2,3)16-12-15(13-17(20(16)25)23(4,5)6)18-19(24-27-21(18)26)14-10-8-7-9-11-14/h7-13H,1-6H3. The molecule has 0 saturated heterocycles. The molecule has 1 aromatic carbocycles. The molecule has 0 radical (unpaired) electrons. The quantitative estimate of drug-likeness (QED) is 0.533. The van der Waals surface area contributed by atoms with Crippen LogP contribution in [0.1, 0.15) is 47.1 Å². The maximum Gasteiger partial charge on any atom is 0.368 e. The number of ketones is 1. The van der Waals surface area contributed by atoms with Gasteiger partial charge in [-0.25, -0.2) is 4.79 Å². The van der Waals surface area contributed by atoms with Crippen molar-refractivity contribution < 1.29 is 14.4 Å². The summed E-state index contributed by atoms with van der Waals surface area (Å²) in [5.74, 6) is -0.462. The van der Waals surface area contributed by atoms with E-state index in [9.17, 15) is 9.59 Å². The van der Waals surface area contributed by atoms with Gasteiger partial charge < -0.3 is 4.84 Å². The molecular formula is C23H25NO3. The molecule has 4 heteroatoms. The van der Waals surface area contributed by atoms with E-state index in [0.717, 1.165) is 5.56 Å². The molecule has 0 saturated carbocycles. The van der Waals surface area contributed by atoms with Crippen LogP contribution in [0.15, 0.2) is 69.9 Å². The molecule has 1 aliphatic carbocycles. The average Bonchev–Trinajstić information content (AvgIpc) is 2.95. The first-order valence-corrected chi connectivity index (χ1v) is 9.08. The summed E-state index contributed by atoms with van der Waals surface area (Å²) in [7, 11) is 0. The Balaban J connectivity index is 2.26. The van der Waals surface area contributed by atoms with Crippen LogP contribution < -0.4 is 0 Å². The molecule has 0 N–H and O–H groups in total. The van der Waals surface area contributed by atoms with Crippen LogP contribution in [0, 0.1) is 10.8 Å². The van der Waals surface area contributed by atoms with Gasteiger partial charge >= 0.3 is 5.97 Å². The lowest BCUT2D eigenvalue weighted by Gasteiger charge is -2.31. The van der Waals surface area contributed by atoms with Crippen LogP contribution in [-0.4, -0.2) is 17.5 Å². The first-order valence-electron chi connectivity index (χ1n) is 9.08. The van der Waals surface area contributed by atoms with E-state index >= 15 is 0 Å². The summed E-state index contributed by atoms with van der Waals surface area (Å²) in [5, 5.41) is 4.00. The highest BCUT2D eigenvalue weighted by atomic mass is 16.7. The van der Waals surface area contributed by atoms with Crippen LogP contribution in [0.5, 0.6) is 0 Å². The van der Waals surface area contributed by atoms with Crippen LogP contribution in [0.25, 0.3) is 0 Å². The summed E-state index contributed by atoms with van der Waals surface area (Å²) in [6.07, 6.45) is 3.63. The summed E-state index contributed by atoms with van der Waals surface area (Å²) >= 11 is 0. The van der Waals surface area contributed by atoms with Crippen molar-refractivity contribution in [2.45, 2.75) is 41.5 Å². The van der Waals surface area contributed by atoms with E-state index in [4.69, 9.17) is 4.84 Å². The second-order valence-electron chi connectivity index (χ2n) is 8.96. The molecule has 27 heavy (non-hydrogen) atoms. The van der Waals surface area contributed by atoms with Crippen molar-refractivity contribution in [2.75, 3.05) is 0 Å². The van der Waals surface area contributed by atoms with Gasteiger partial charge in [0.15, 0.2) is 5.78 Å². The number of rotatable bonds is 1. The molecule has 1 aromatic rings. The van der Waals surface area contributed by atoms with Crippen molar-refractivity contribution >= 4 is 17.5 Å². The number of allylic oxidation sites excluding steroid dienone is 5. The van der Waals surface area contributed by atoms with E-state index in [-0.39, 0.29) is 16.6 Å². The molecule has 0 amide bonds. The molecule has 1 heterocycles. The van der Waals surface area contributed by atoms with Crippen molar-refractivity contribution in [3.05, 3.63) is 70.3 Å². The Hall–Kier alpha value is -2.75. The van der Waals surface area contributed by atoms with Gasteiger partial charge in [-0.05, 0) is 28.6 Å². The Morgan fingerprint density at radius 2 is 1.33 bits per heavy atom. The smallest absolute Gasteiger partial charge is 0.312 e. The Bertz CT molecular complexity index is 894. The monoisotopic (exact) mass is 363 g/mol. The molecule has 0 spiro atoms. The molecule has 0 unspecified atom stereocenters. The molecule has 3 rings (SSSR count). The minimum atomic E-state index is -0.493. The zero-order chi connectivity index (χ0) is 20.0. The van der Waals surface area contributed by atoms with Crippen LogP contribution in [0.3, 0.4) is 0 Å². The van der Waals surface area contributed by atoms with Gasteiger partial charge in [-0.3, -0.25) is 4.79 Å². The van der Waals surface area contributed by atoms with Gasteiger partial charge in [0.05, 0.1) is 5.57 Å². The first kappa shape index (κ1) is 19.0. The average molecular weight is 363 g/mol. The highest BCUT2D eigenvalue weighted by Gasteiger charge is 2.37. The second-order valence-corrected chi connectivity index (χ2v) is 8.96. The lowest BCUT2D eigenvalue weighted by molar-refractivity contribution is -0.136. The molecule has 1 aliphatic heterocycles. The predicted octanol–water partition coefficient (Wildman–Crippen LogP) is 4.77. The predicted molar refractivity (Wildman–Crippen MR) is 106 cm³/mol. The molecule has 140 valence electrons. The van der Waals surface area contributed by atoms with E-state index in [1.165, 1.54) is 0 Å². The Labute approximate surface area is 160 Å². The van der Waals surface area contributed by atoms with Gasteiger partial charge in [0.1, 0.15) is 5.71 Å². The number of hydrogen-bond donors (Lipinski definition) is 0. The molecule has 0 atom stereocenters. The maximum absolute atomic E-state index is 13.1. The molecule has 0 aromatic heterocycles. The van der Waals surface area contributed by atoms with E-state index in [1.807, 2.05) is 84.0 Å². The van der Waals surface area contributed by atoms with Crippen molar-refractivity contribution in [1.82, 2.24) is 0 Å². The molecular weight excluding hydrogens is 338 g/mol. The van der Waals surface area contributed by atoms with Gasteiger partial charge in [-0.15, -0.1) is 0 Å². The highest BCUT2D eigenvalue weighted by Crippen LogP contribution is 2.40. The number of carbonyl (C=O) groups is 2. The van der Waals surface area contributed by atoms with Crippen molar-refractivity contribution in [1.29, 1.82) is 0 Å². The topological polar surface area (TPSA) is 55.7 Å². The summed E-state index contributed by atoms with van der Waals surface area (Å²) in [5.41, 5.74) is 3.06. The van der Waals surface area contributed by atoms with E-state index in [2.05, 4.69) is 5.16 Å². The fourth-order valence-corrected chi connectivity index (χ4v) is 3.21. The third-order valence-electron chi connectivity index (χ3n) is 4.70. The number of nitrogens with zero attached hydrogens (tertiary/aromatic N) is 1. The van der Waals surface area contributed by atoms with Gasteiger partial charge in [0, 0.05) is 16.7 Å². The summed E-state index contributed by atoms with van der Waals surface area (Å²) in [4.78, 5) is 30.6. The van der Waals surface area contributed by atoms with E-state index in [1.54, 1.807) is 0 Å². The lowest BCUT2D eigenvalue weighted by Crippen LogP contribution is -2.28. The molecule has 0 bridgehead atoms.